The second kappa shape index (κ2) is 7.71. The zero-order chi connectivity index (χ0) is 17.0. The zero-order valence-corrected chi connectivity index (χ0v) is 14.7. The molecule has 0 heterocycles. The first-order valence-corrected chi connectivity index (χ1v) is 8.20. The number of rotatable bonds is 5. The molecular formula is C18H20Cl2N2O. The maximum atomic E-state index is 12.6. The number of nitrogens with zero attached hydrogens (tertiary/aromatic N) is 1. The molecule has 0 atom stereocenters. The number of carbonyl (C=O) groups excluding carboxylic acids is 1. The molecule has 0 radical (unpaired) electrons. The van der Waals surface area contributed by atoms with Crippen molar-refractivity contribution in [3.63, 3.8) is 0 Å². The van der Waals surface area contributed by atoms with Crippen molar-refractivity contribution in [2.45, 2.75) is 32.9 Å². The quantitative estimate of drug-likeness (QED) is 0.803. The van der Waals surface area contributed by atoms with Crippen molar-refractivity contribution in [1.82, 2.24) is 4.90 Å². The summed E-state index contributed by atoms with van der Waals surface area (Å²) >= 11 is 12.0. The molecule has 0 aliphatic heterocycles. The van der Waals surface area contributed by atoms with Gasteiger partial charge in [0.1, 0.15) is 0 Å². The van der Waals surface area contributed by atoms with E-state index in [1.165, 1.54) is 0 Å². The van der Waals surface area contributed by atoms with Crippen LogP contribution in [0.1, 0.15) is 25.0 Å². The number of halogens is 2. The number of hydrogen-bond acceptors (Lipinski definition) is 2. The van der Waals surface area contributed by atoms with Gasteiger partial charge in [0.25, 0.3) is 0 Å². The van der Waals surface area contributed by atoms with E-state index in [1.807, 2.05) is 49.1 Å². The van der Waals surface area contributed by atoms with Gasteiger partial charge in [-0.15, -0.1) is 0 Å². The molecule has 0 spiro atoms. The fourth-order valence-electron chi connectivity index (χ4n) is 2.37. The van der Waals surface area contributed by atoms with Gasteiger partial charge in [0.15, 0.2) is 0 Å². The highest BCUT2D eigenvalue weighted by Gasteiger charge is 2.18. The van der Waals surface area contributed by atoms with Gasteiger partial charge in [-0.3, -0.25) is 4.79 Å². The lowest BCUT2D eigenvalue weighted by Crippen LogP contribution is -2.37. The molecule has 1 amide bonds. The van der Waals surface area contributed by atoms with Crippen LogP contribution in [0.25, 0.3) is 0 Å². The molecule has 0 aliphatic rings. The summed E-state index contributed by atoms with van der Waals surface area (Å²) in [5.41, 5.74) is 8.30. The predicted octanol–water partition coefficient (Wildman–Crippen LogP) is 4.56. The zero-order valence-electron chi connectivity index (χ0n) is 13.2. The molecule has 0 unspecified atom stereocenters. The molecular weight excluding hydrogens is 331 g/mol. The molecule has 0 bridgehead atoms. The molecule has 0 saturated heterocycles. The van der Waals surface area contributed by atoms with Gasteiger partial charge < -0.3 is 10.6 Å². The van der Waals surface area contributed by atoms with E-state index in [-0.39, 0.29) is 11.9 Å². The van der Waals surface area contributed by atoms with Gasteiger partial charge in [-0.2, -0.15) is 0 Å². The molecule has 0 aromatic heterocycles. The fourth-order valence-corrected chi connectivity index (χ4v) is 2.69. The predicted molar refractivity (Wildman–Crippen MR) is 96.7 cm³/mol. The first kappa shape index (κ1) is 17.6. The van der Waals surface area contributed by atoms with E-state index in [9.17, 15) is 4.79 Å². The molecule has 5 heteroatoms. The largest absolute Gasteiger partial charge is 0.399 e. The average molecular weight is 351 g/mol. The monoisotopic (exact) mass is 350 g/mol. The second-order valence-corrected chi connectivity index (χ2v) is 6.60. The third-order valence-corrected chi connectivity index (χ3v) is 4.33. The van der Waals surface area contributed by atoms with Gasteiger partial charge in [-0.05, 0) is 49.2 Å². The van der Waals surface area contributed by atoms with Crippen molar-refractivity contribution in [1.29, 1.82) is 0 Å². The Morgan fingerprint density at radius 1 is 1.09 bits per heavy atom. The van der Waals surface area contributed by atoms with E-state index >= 15 is 0 Å². The average Bonchev–Trinajstić information content (AvgIpc) is 2.48. The number of carbonyl (C=O) groups is 1. The fraction of sp³-hybridized carbons (Fsp3) is 0.278. The minimum atomic E-state index is 0.0525. The third-order valence-electron chi connectivity index (χ3n) is 3.59. The van der Waals surface area contributed by atoms with Gasteiger partial charge in [-0.1, -0.05) is 41.4 Å². The van der Waals surface area contributed by atoms with Gasteiger partial charge in [0, 0.05) is 18.3 Å². The maximum Gasteiger partial charge on any atom is 0.227 e. The Labute approximate surface area is 147 Å². The Kier molecular flexibility index (Phi) is 5.91. The minimum absolute atomic E-state index is 0.0525. The van der Waals surface area contributed by atoms with Crippen LogP contribution in [0.5, 0.6) is 0 Å². The van der Waals surface area contributed by atoms with Crippen molar-refractivity contribution < 1.29 is 4.79 Å². The van der Waals surface area contributed by atoms with Gasteiger partial charge in [-0.25, -0.2) is 0 Å². The normalized spacial score (nSPS) is 10.8. The Morgan fingerprint density at radius 2 is 1.83 bits per heavy atom. The Balaban J connectivity index is 2.14. The molecule has 2 N–H and O–H groups in total. The molecule has 23 heavy (non-hydrogen) atoms. The van der Waals surface area contributed by atoms with Crippen LogP contribution in [0.2, 0.25) is 10.0 Å². The second-order valence-electron chi connectivity index (χ2n) is 5.79. The van der Waals surface area contributed by atoms with Crippen LogP contribution in [0.15, 0.2) is 42.5 Å². The summed E-state index contributed by atoms with van der Waals surface area (Å²) in [7, 11) is 0. The number of hydrogen-bond donors (Lipinski definition) is 1. The lowest BCUT2D eigenvalue weighted by molar-refractivity contribution is -0.132. The van der Waals surface area contributed by atoms with Crippen molar-refractivity contribution in [3.05, 3.63) is 63.6 Å². The molecule has 2 rings (SSSR count). The minimum Gasteiger partial charge on any atom is -0.399 e. The Morgan fingerprint density at radius 3 is 2.43 bits per heavy atom. The highest BCUT2D eigenvalue weighted by Crippen LogP contribution is 2.24. The van der Waals surface area contributed by atoms with E-state index in [1.54, 1.807) is 12.1 Å². The van der Waals surface area contributed by atoms with Crippen LogP contribution < -0.4 is 5.73 Å². The molecule has 0 aliphatic carbocycles. The van der Waals surface area contributed by atoms with Crippen LogP contribution >= 0.6 is 23.2 Å². The van der Waals surface area contributed by atoms with E-state index in [4.69, 9.17) is 28.9 Å². The standard InChI is InChI=1S/C18H20Cl2N2O/c1-12(2)22(11-14-6-7-16(19)17(20)9-14)18(23)10-13-4-3-5-15(21)8-13/h3-9,12H,10-11,21H2,1-2H3. The molecule has 2 aromatic carbocycles. The summed E-state index contributed by atoms with van der Waals surface area (Å²) in [5.74, 6) is 0.0525. The van der Waals surface area contributed by atoms with Crippen LogP contribution in [0, 0.1) is 0 Å². The van der Waals surface area contributed by atoms with Crippen molar-refractivity contribution in [2.75, 3.05) is 5.73 Å². The number of anilines is 1. The lowest BCUT2D eigenvalue weighted by atomic mass is 10.1. The highest BCUT2D eigenvalue weighted by molar-refractivity contribution is 6.42. The van der Waals surface area contributed by atoms with Crippen LogP contribution in [-0.2, 0) is 17.8 Å². The van der Waals surface area contributed by atoms with E-state index < -0.39 is 0 Å². The van der Waals surface area contributed by atoms with Crippen molar-refractivity contribution in [3.8, 4) is 0 Å². The number of amides is 1. The first-order chi connectivity index (χ1) is 10.9. The van der Waals surface area contributed by atoms with Gasteiger partial charge >= 0.3 is 0 Å². The summed E-state index contributed by atoms with van der Waals surface area (Å²) in [5, 5.41) is 1.01. The number of benzene rings is 2. The summed E-state index contributed by atoms with van der Waals surface area (Å²) in [4.78, 5) is 14.5. The van der Waals surface area contributed by atoms with Crippen molar-refractivity contribution in [2.24, 2.45) is 0 Å². The third kappa shape index (κ3) is 4.88. The number of nitrogen functional groups attached to an aromatic ring is 1. The Bertz CT molecular complexity index is 701. The lowest BCUT2D eigenvalue weighted by Gasteiger charge is -2.27. The molecule has 3 nitrogen and oxygen atoms in total. The van der Waals surface area contributed by atoms with E-state index in [0.29, 0.717) is 28.7 Å². The van der Waals surface area contributed by atoms with Gasteiger partial charge in [0.05, 0.1) is 16.5 Å². The van der Waals surface area contributed by atoms with E-state index in [0.717, 1.165) is 11.1 Å². The summed E-state index contributed by atoms with van der Waals surface area (Å²) in [6, 6.07) is 12.9. The van der Waals surface area contributed by atoms with Crippen LogP contribution in [-0.4, -0.2) is 16.8 Å². The smallest absolute Gasteiger partial charge is 0.227 e. The maximum absolute atomic E-state index is 12.6. The topological polar surface area (TPSA) is 46.3 Å². The van der Waals surface area contributed by atoms with E-state index in [2.05, 4.69) is 0 Å². The number of nitrogens with two attached hydrogens (primary N) is 1. The molecule has 2 aromatic rings. The van der Waals surface area contributed by atoms with Crippen LogP contribution in [0.4, 0.5) is 5.69 Å². The Hall–Kier alpha value is -1.71. The summed E-state index contributed by atoms with van der Waals surface area (Å²) < 4.78 is 0. The van der Waals surface area contributed by atoms with Crippen LogP contribution in [0.3, 0.4) is 0 Å². The summed E-state index contributed by atoms with van der Waals surface area (Å²) in [6.07, 6.45) is 0.324. The highest BCUT2D eigenvalue weighted by atomic mass is 35.5. The SMILES string of the molecule is CC(C)N(Cc1ccc(Cl)c(Cl)c1)C(=O)Cc1cccc(N)c1. The molecule has 0 fully saturated rings. The van der Waals surface area contributed by atoms with Crippen molar-refractivity contribution >= 4 is 34.8 Å². The first-order valence-electron chi connectivity index (χ1n) is 7.44. The van der Waals surface area contributed by atoms with Gasteiger partial charge in [0.2, 0.25) is 5.91 Å². The molecule has 0 saturated carbocycles. The summed E-state index contributed by atoms with van der Waals surface area (Å²) in [6.45, 7) is 4.49. The molecule has 122 valence electrons.